The maximum atomic E-state index is 12.2. The highest BCUT2D eigenvalue weighted by atomic mass is 16.6. The number of benzene rings is 1. The summed E-state index contributed by atoms with van der Waals surface area (Å²) in [4.78, 5) is 24.0. The smallest absolute Gasteiger partial charge is 0.317 e. The van der Waals surface area contributed by atoms with Crippen molar-refractivity contribution in [2.24, 2.45) is 0 Å². The summed E-state index contributed by atoms with van der Waals surface area (Å²) in [5, 5.41) is 23.4. The van der Waals surface area contributed by atoms with Crippen LogP contribution in [0.2, 0.25) is 0 Å². The summed E-state index contributed by atoms with van der Waals surface area (Å²) in [5.41, 5.74) is -0.341. The standard InChI is InChI=1S/C15H23N3O4/c1-5-17(10-15(3,4)20)14(19)16-11(2)12-7-6-8-13(9-12)18(21)22/h6-9,11,20H,5,10H2,1-4H3,(H,16,19)/t11-/m0/s1. The second-order valence-electron chi connectivity index (χ2n) is 5.85. The van der Waals surface area contributed by atoms with E-state index >= 15 is 0 Å². The maximum absolute atomic E-state index is 12.2. The summed E-state index contributed by atoms with van der Waals surface area (Å²) in [6.07, 6.45) is 0. The second kappa shape index (κ2) is 7.22. The van der Waals surface area contributed by atoms with Crippen molar-refractivity contribution in [3.05, 3.63) is 39.9 Å². The minimum Gasteiger partial charge on any atom is -0.389 e. The quantitative estimate of drug-likeness (QED) is 0.623. The third-order valence-corrected chi connectivity index (χ3v) is 3.17. The predicted molar refractivity (Wildman–Crippen MR) is 83.6 cm³/mol. The molecule has 0 saturated heterocycles. The van der Waals surface area contributed by atoms with Gasteiger partial charge in [-0.15, -0.1) is 0 Å². The molecule has 0 fully saturated rings. The van der Waals surface area contributed by atoms with Gasteiger partial charge >= 0.3 is 6.03 Å². The van der Waals surface area contributed by atoms with Crippen molar-refractivity contribution >= 4 is 11.7 Å². The van der Waals surface area contributed by atoms with Gasteiger partial charge in [0.25, 0.3) is 5.69 Å². The number of nitro benzene ring substituents is 1. The van der Waals surface area contributed by atoms with Crippen LogP contribution >= 0.6 is 0 Å². The van der Waals surface area contributed by atoms with E-state index in [-0.39, 0.29) is 24.3 Å². The van der Waals surface area contributed by atoms with Gasteiger partial charge in [0, 0.05) is 18.7 Å². The van der Waals surface area contributed by atoms with Crippen molar-refractivity contribution in [2.75, 3.05) is 13.1 Å². The zero-order valence-corrected chi connectivity index (χ0v) is 13.4. The van der Waals surface area contributed by atoms with E-state index in [0.717, 1.165) is 0 Å². The van der Waals surface area contributed by atoms with Crippen LogP contribution in [-0.4, -0.2) is 39.7 Å². The Balaban J connectivity index is 2.78. The van der Waals surface area contributed by atoms with Crippen LogP contribution in [0.3, 0.4) is 0 Å². The van der Waals surface area contributed by atoms with Gasteiger partial charge in [-0.2, -0.15) is 0 Å². The van der Waals surface area contributed by atoms with Gasteiger partial charge in [-0.1, -0.05) is 12.1 Å². The van der Waals surface area contributed by atoms with Gasteiger partial charge in [0.2, 0.25) is 0 Å². The minimum absolute atomic E-state index is 0.0116. The average molecular weight is 309 g/mol. The highest BCUT2D eigenvalue weighted by molar-refractivity contribution is 5.74. The molecule has 122 valence electrons. The molecule has 0 saturated carbocycles. The number of hydrogen-bond donors (Lipinski definition) is 2. The Morgan fingerprint density at radius 2 is 2.14 bits per heavy atom. The molecular weight excluding hydrogens is 286 g/mol. The van der Waals surface area contributed by atoms with E-state index in [4.69, 9.17) is 0 Å². The maximum Gasteiger partial charge on any atom is 0.317 e. The fourth-order valence-corrected chi connectivity index (χ4v) is 2.06. The Morgan fingerprint density at radius 1 is 1.50 bits per heavy atom. The molecule has 0 aliphatic carbocycles. The van der Waals surface area contributed by atoms with Gasteiger partial charge in [-0.05, 0) is 33.3 Å². The summed E-state index contributed by atoms with van der Waals surface area (Å²) < 4.78 is 0. The molecule has 7 nitrogen and oxygen atoms in total. The van der Waals surface area contributed by atoms with Gasteiger partial charge in [0.05, 0.1) is 23.1 Å². The van der Waals surface area contributed by atoms with Gasteiger partial charge in [0.15, 0.2) is 0 Å². The van der Waals surface area contributed by atoms with Crippen molar-refractivity contribution in [2.45, 2.75) is 39.3 Å². The summed E-state index contributed by atoms with van der Waals surface area (Å²) >= 11 is 0. The molecule has 0 radical (unpaired) electrons. The van der Waals surface area contributed by atoms with Crippen LogP contribution in [0.4, 0.5) is 10.5 Å². The van der Waals surface area contributed by atoms with E-state index in [2.05, 4.69) is 5.32 Å². The fourth-order valence-electron chi connectivity index (χ4n) is 2.06. The zero-order chi connectivity index (χ0) is 16.9. The first-order valence-electron chi connectivity index (χ1n) is 7.16. The third kappa shape index (κ3) is 5.33. The number of non-ortho nitro benzene ring substituents is 1. The average Bonchev–Trinajstić information content (AvgIpc) is 2.43. The third-order valence-electron chi connectivity index (χ3n) is 3.17. The van der Waals surface area contributed by atoms with Crippen LogP contribution in [0.15, 0.2) is 24.3 Å². The second-order valence-corrected chi connectivity index (χ2v) is 5.85. The van der Waals surface area contributed by atoms with E-state index in [1.807, 2.05) is 6.92 Å². The lowest BCUT2D eigenvalue weighted by atomic mass is 10.1. The predicted octanol–water partition coefficient (Wildman–Crippen LogP) is 2.46. The normalized spacial score (nSPS) is 12.6. The lowest BCUT2D eigenvalue weighted by Gasteiger charge is -2.29. The Morgan fingerprint density at radius 3 is 2.64 bits per heavy atom. The molecule has 0 aliphatic rings. The number of hydrogen-bond acceptors (Lipinski definition) is 4. The van der Waals surface area contributed by atoms with E-state index < -0.39 is 10.5 Å². The van der Waals surface area contributed by atoms with Gasteiger partial charge in [0.1, 0.15) is 0 Å². The molecule has 2 N–H and O–H groups in total. The minimum atomic E-state index is -0.984. The first-order valence-corrected chi connectivity index (χ1v) is 7.16. The van der Waals surface area contributed by atoms with Gasteiger partial charge in [-0.25, -0.2) is 4.79 Å². The van der Waals surface area contributed by atoms with Crippen molar-refractivity contribution in [1.82, 2.24) is 10.2 Å². The van der Waals surface area contributed by atoms with E-state index in [9.17, 15) is 20.0 Å². The number of likely N-dealkylation sites (N-methyl/N-ethyl adjacent to an activating group) is 1. The first-order chi connectivity index (χ1) is 10.1. The molecule has 0 unspecified atom stereocenters. The molecule has 0 spiro atoms. The number of nitrogens with zero attached hydrogens (tertiary/aromatic N) is 2. The van der Waals surface area contributed by atoms with Crippen LogP contribution in [0, 0.1) is 10.1 Å². The van der Waals surface area contributed by atoms with E-state index in [0.29, 0.717) is 12.1 Å². The van der Waals surface area contributed by atoms with Gasteiger partial charge in [-0.3, -0.25) is 10.1 Å². The largest absolute Gasteiger partial charge is 0.389 e. The summed E-state index contributed by atoms with van der Waals surface area (Å²) in [6, 6.07) is 5.48. The summed E-state index contributed by atoms with van der Waals surface area (Å²) in [6.45, 7) is 7.51. The van der Waals surface area contributed by atoms with Crippen LogP contribution in [-0.2, 0) is 0 Å². The fraction of sp³-hybridized carbons (Fsp3) is 0.533. The molecule has 0 aliphatic heterocycles. The Kier molecular flexibility index (Phi) is 5.87. The number of nitrogens with one attached hydrogen (secondary N) is 1. The highest BCUT2D eigenvalue weighted by Crippen LogP contribution is 2.19. The number of aliphatic hydroxyl groups is 1. The van der Waals surface area contributed by atoms with Crippen molar-refractivity contribution in [1.29, 1.82) is 0 Å². The number of carbonyl (C=O) groups is 1. The molecule has 1 aromatic carbocycles. The molecule has 1 aromatic rings. The van der Waals surface area contributed by atoms with Crippen molar-refractivity contribution in [3.8, 4) is 0 Å². The van der Waals surface area contributed by atoms with Crippen molar-refractivity contribution in [3.63, 3.8) is 0 Å². The molecular formula is C15H23N3O4. The lowest BCUT2D eigenvalue weighted by Crippen LogP contribution is -2.47. The molecule has 0 heterocycles. The van der Waals surface area contributed by atoms with E-state index in [1.54, 1.807) is 32.9 Å². The summed E-state index contributed by atoms with van der Waals surface area (Å²) in [7, 11) is 0. The van der Waals surface area contributed by atoms with Crippen LogP contribution in [0.1, 0.15) is 39.3 Å². The molecule has 0 bridgehead atoms. The Bertz CT molecular complexity index is 540. The molecule has 2 amide bonds. The Hall–Kier alpha value is -2.15. The monoisotopic (exact) mass is 309 g/mol. The van der Waals surface area contributed by atoms with Crippen LogP contribution in [0.25, 0.3) is 0 Å². The Labute approximate surface area is 130 Å². The lowest BCUT2D eigenvalue weighted by molar-refractivity contribution is -0.384. The van der Waals surface area contributed by atoms with Crippen LogP contribution in [0.5, 0.6) is 0 Å². The number of amides is 2. The summed E-state index contributed by atoms with van der Waals surface area (Å²) in [5.74, 6) is 0. The molecule has 1 rings (SSSR count). The SMILES string of the molecule is CCN(CC(C)(C)O)C(=O)N[C@@H](C)c1cccc([N+](=O)[O-])c1. The highest BCUT2D eigenvalue weighted by Gasteiger charge is 2.22. The molecule has 1 atom stereocenters. The zero-order valence-electron chi connectivity index (χ0n) is 13.4. The van der Waals surface area contributed by atoms with Crippen LogP contribution < -0.4 is 5.32 Å². The number of carbonyl (C=O) groups excluding carboxylic acids is 1. The molecule has 0 aromatic heterocycles. The number of nitro groups is 1. The van der Waals surface area contributed by atoms with E-state index in [1.165, 1.54) is 17.0 Å². The topological polar surface area (TPSA) is 95.7 Å². The number of urea groups is 1. The van der Waals surface area contributed by atoms with Crippen molar-refractivity contribution < 1.29 is 14.8 Å². The van der Waals surface area contributed by atoms with Gasteiger partial charge < -0.3 is 15.3 Å². The molecule has 7 heteroatoms. The number of rotatable bonds is 6. The first kappa shape index (κ1) is 17.9. The molecule has 22 heavy (non-hydrogen) atoms.